The maximum Gasteiger partial charge on any atom is 0.123 e. The third kappa shape index (κ3) is 2.17. The highest BCUT2D eigenvalue weighted by Crippen LogP contribution is 2.18. The summed E-state index contributed by atoms with van der Waals surface area (Å²) in [4.78, 5) is 0. The summed E-state index contributed by atoms with van der Waals surface area (Å²) < 4.78 is 15.1. The van der Waals surface area contributed by atoms with E-state index in [1.807, 2.05) is 30.2 Å². The van der Waals surface area contributed by atoms with Gasteiger partial charge >= 0.3 is 0 Å². The Morgan fingerprint density at radius 1 is 1.50 bits per heavy atom. The molecule has 84 valence electrons. The molecule has 0 amide bonds. The fourth-order valence-electron chi connectivity index (χ4n) is 1.41. The molecule has 0 aliphatic heterocycles. The summed E-state index contributed by atoms with van der Waals surface area (Å²) >= 11 is 1.62. The molecule has 2 rings (SSSR count). The average Bonchev–Trinajstić information content (AvgIpc) is 2.28. The lowest BCUT2D eigenvalue weighted by atomic mass is 10.1. The summed E-state index contributed by atoms with van der Waals surface area (Å²) in [5.41, 5.74) is 2.94. The van der Waals surface area contributed by atoms with Crippen LogP contribution >= 0.6 is 11.5 Å². The molecule has 1 N–H and O–H groups in total. The Balaban J connectivity index is 2.35. The molecule has 0 saturated carbocycles. The van der Waals surface area contributed by atoms with Crippen LogP contribution in [-0.4, -0.2) is 11.0 Å². The standard InChI is InChI=1S/C12H13FN2S/c1-9-8-16-15(9)7-12(14-2)10-4-3-5-11(13)6-10/h3-8,14H,1-2H3/b12-7-. The van der Waals surface area contributed by atoms with Gasteiger partial charge in [-0.05, 0) is 19.1 Å². The third-order valence-corrected chi connectivity index (χ3v) is 3.40. The minimum atomic E-state index is -0.220. The second kappa shape index (κ2) is 4.53. The Hall–Kier alpha value is -1.55. The minimum Gasteiger partial charge on any atom is -0.386 e. The van der Waals surface area contributed by atoms with Gasteiger partial charge in [0, 0.05) is 29.9 Å². The van der Waals surface area contributed by atoms with E-state index in [1.165, 1.54) is 17.8 Å². The molecule has 0 aliphatic rings. The van der Waals surface area contributed by atoms with Crippen molar-refractivity contribution in [3.8, 4) is 0 Å². The molecule has 0 aliphatic carbocycles. The van der Waals surface area contributed by atoms with E-state index in [1.54, 1.807) is 17.6 Å². The summed E-state index contributed by atoms with van der Waals surface area (Å²) in [6.45, 7) is 2.03. The smallest absolute Gasteiger partial charge is 0.123 e. The highest BCUT2D eigenvalue weighted by Gasteiger charge is 2.03. The van der Waals surface area contributed by atoms with Crippen LogP contribution in [-0.2, 0) is 0 Å². The van der Waals surface area contributed by atoms with E-state index in [-0.39, 0.29) is 5.82 Å². The van der Waals surface area contributed by atoms with Gasteiger partial charge in [0.15, 0.2) is 0 Å². The van der Waals surface area contributed by atoms with E-state index in [9.17, 15) is 4.39 Å². The van der Waals surface area contributed by atoms with E-state index in [2.05, 4.69) is 10.7 Å². The van der Waals surface area contributed by atoms with Gasteiger partial charge in [-0.25, -0.2) is 4.39 Å². The maximum atomic E-state index is 13.1. The van der Waals surface area contributed by atoms with Crippen LogP contribution in [0.25, 0.3) is 11.9 Å². The molecule has 0 radical (unpaired) electrons. The molecule has 16 heavy (non-hydrogen) atoms. The molecule has 1 aromatic heterocycles. The van der Waals surface area contributed by atoms with Crippen LogP contribution in [0.5, 0.6) is 0 Å². The van der Waals surface area contributed by atoms with Crippen LogP contribution in [0.4, 0.5) is 4.39 Å². The quantitative estimate of drug-likeness (QED) is 0.866. The largest absolute Gasteiger partial charge is 0.386 e. The number of halogens is 1. The van der Waals surface area contributed by atoms with E-state index in [0.29, 0.717) is 0 Å². The average molecular weight is 236 g/mol. The Labute approximate surface area is 98.2 Å². The number of benzene rings is 1. The molecule has 4 heteroatoms. The Morgan fingerprint density at radius 2 is 2.31 bits per heavy atom. The molecule has 0 atom stereocenters. The zero-order valence-corrected chi connectivity index (χ0v) is 10.0. The first-order valence-electron chi connectivity index (χ1n) is 4.99. The van der Waals surface area contributed by atoms with Crippen molar-refractivity contribution in [1.29, 1.82) is 0 Å². The van der Waals surface area contributed by atoms with Crippen LogP contribution in [0.15, 0.2) is 29.6 Å². The number of aryl methyl sites for hydroxylation is 1. The lowest BCUT2D eigenvalue weighted by Crippen LogP contribution is -2.07. The molecule has 2 aromatic rings. The number of nitrogens with zero attached hydrogens (tertiary/aromatic N) is 1. The molecule has 0 fully saturated rings. The fourth-order valence-corrected chi connectivity index (χ4v) is 2.01. The normalized spacial score (nSPS) is 11.8. The van der Waals surface area contributed by atoms with Crippen molar-refractivity contribution < 1.29 is 4.39 Å². The van der Waals surface area contributed by atoms with Crippen molar-refractivity contribution in [1.82, 2.24) is 9.27 Å². The molecule has 0 unspecified atom stereocenters. The summed E-state index contributed by atoms with van der Waals surface area (Å²) in [5, 5.41) is 5.14. The van der Waals surface area contributed by atoms with Crippen molar-refractivity contribution in [2.45, 2.75) is 6.92 Å². The number of nitrogens with one attached hydrogen (secondary N) is 1. The third-order valence-electron chi connectivity index (χ3n) is 2.34. The van der Waals surface area contributed by atoms with Gasteiger partial charge < -0.3 is 5.32 Å². The van der Waals surface area contributed by atoms with Gasteiger partial charge in [-0.15, -0.1) is 0 Å². The van der Waals surface area contributed by atoms with Crippen molar-refractivity contribution >= 4 is 23.4 Å². The zero-order chi connectivity index (χ0) is 11.5. The van der Waals surface area contributed by atoms with Crippen LogP contribution in [0.1, 0.15) is 11.3 Å². The monoisotopic (exact) mass is 236 g/mol. The Bertz CT molecular complexity index is 511. The fraction of sp³-hybridized carbons (Fsp3) is 0.167. The highest BCUT2D eigenvalue weighted by atomic mass is 32.1. The lowest BCUT2D eigenvalue weighted by molar-refractivity contribution is 0.627. The second-order valence-corrected chi connectivity index (χ2v) is 4.33. The number of hydrogen-bond donors (Lipinski definition) is 1. The second-order valence-electron chi connectivity index (χ2n) is 3.49. The predicted octanol–water partition coefficient (Wildman–Crippen LogP) is 3.17. The topological polar surface area (TPSA) is 17.0 Å². The van der Waals surface area contributed by atoms with Gasteiger partial charge in [0.1, 0.15) is 5.82 Å². The van der Waals surface area contributed by atoms with Gasteiger partial charge in [0.25, 0.3) is 0 Å². The van der Waals surface area contributed by atoms with E-state index in [4.69, 9.17) is 0 Å². The number of hydrogen-bond acceptors (Lipinski definition) is 2. The van der Waals surface area contributed by atoms with E-state index >= 15 is 0 Å². The maximum absolute atomic E-state index is 13.1. The SMILES string of the molecule is CN/C(=C\n1scc1C)c1cccc(F)c1. The van der Waals surface area contributed by atoms with Crippen LogP contribution < -0.4 is 5.32 Å². The van der Waals surface area contributed by atoms with Gasteiger partial charge in [-0.2, -0.15) is 0 Å². The number of rotatable bonds is 3. The first-order chi connectivity index (χ1) is 7.70. The lowest BCUT2D eigenvalue weighted by Gasteiger charge is -2.12. The molecule has 1 heterocycles. The summed E-state index contributed by atoms with van der Waals surface area (Å²) in [6, 6.07) is 6.56. The molecule has 0 saturated heterocycles. The zero-order valence-electron chi connectivity index (χ0n) is 9.20. The first kappa shape index (κ1) is 11.0. The van der Waals surface area contributed by atoms with E-state index < -0.39 is 0 Å². The van der Waals surface area contributed by atoms with Crippen molar-refractivity contribution in [2.75, 3.05) is 7.05 Å². The molecule has 2 nitrogen and oxygen atoms in total. The van der Waals surface area contributed by atoms with Crippen LogP contribution in [0.3, 0.4) is 0 Å². The molecular formula is C12H13FN2S. The predicted molar refractivity (Wildman–Crippen MR) is 66.7 cm³/mol. The van der Waals surface area contributed by atoms with Gasteiger partial charge in [0.2, 0.25) is 0 Å². The summed E-state index contributed by atoms with van der Waals surface area (Å²) in [6.07, 6.45) is 1.97. The first-order valence-corrected chi connectivity index (χ1v) is 5.82. The minimum absolute atomic E-state index is 0.220. The molecule has 0 bridgehead atoms. The molecular weight excluding hydrogens is 223 g/mol. The van der Waals surface area contributed by atoms with Gasteiger partial charge in [0.05, 0.1) is 5.70 Å². The highest BCUT2D eigenvalue weighted by molar-refractivity contribution is 7.06. The number of aromatic nitrogens is 1. The van der Waals surface area contributed by atoms with Crippen molar-refractivity contribution in [2.24, 2.45) is 0 Å². The van der Waals surface area contributed by atoms with Gasteiger partial charge in [-0.3, -0.25) is 3.96 Å². The van der Waals surface area contributed by atoms with E-state index in [0.717, 1.165) is 11.3 Å². The van der Waals surface area contributed by atoms with Crippen LogP contribution in [0.2, 0.25) is 0 Å². The molecule has 1 aromatic carbocycles. The Kier molecular flexibility index (Phi) is 3.10. The van der Waals surface area contributed by atoms with Crippen LogP contribution in [0, 0.1) is 12.7 Å². The Morgan fingerprint density at radius 3 is 2.81 bits per heavy atom. The summed E-state index contributed by atoms with van der Waals surface area (Å²) in [7, 11) is 1.83. The molecule has 0 spiro atoms. The van der Waals surface area contributed by atoms with Gasteiger partial charge in [-0.1, -0.05) is 23.7 Å². The van der Waals surface area contributed by atoms with Crippen molar-refractivity contribution in [3.63, 3.8) is 0 Å². The van der Waals surface area contributed by atoms with Crippen molar-refractivity contribution in [3.05, 3.63) is 46.7 Å². The summed E-state index contributed by atoms with van der Waals surface area (Å²) in [5.74, 6) is -0.220.